The van der Waals surface area contributed by atoms with Crippen molar-refractivity contribution in [3.63, 3.8) is 0 Å². The quantitative estimate of drug-likeness (QED) is 0.198. The number of benzene rings is 3. The number of phenolic OH excluding ortho intramolecular Hbond substituents is 1. The Labute approximate surface area is 173 Å². The third-order valence-electron chi connectivity index (χ3n) is 5.06. The molecule has 6 nitrogen and oxygen atoms in total. The van der Waals surface area contributed by atoms with Gasteiger partial charge in [-0.25, -0.2) is 0 Å². The maximum Gasteiger partial charge on any atom is 0.198 e. The molecule has 0 bridgehead atoms. The van der Waals surface area contributed by atoms with Crippen LogP contribution >= 0.6 is 0 Å². The Hall–Kier alpha value is -3.74. The lowest BCUT2D eigenvalue weighted by atomic mass is 9.78. The number of anilines is 1. The van der Waals surface area contributed by atoms with Gasteiger partial charge in [0.2, 0.25) is 0 Å². The molecule has 0 amide bonds. The van der Waals surface area contributed by atoms with Crippen molar-refractivity contribution < 1.29 is 19.5 Å². The Balaban J connectivity index is 1.91. The van der Waals surface area contributed by atoms with Crippen molar-refractivity contribution in [2.75, 3.05) is 12.3 Å². The number of hydrogen-bond acceptors (Lipinski definition) is 6. The number of ketones is 2. The van der Waals surface area contributed by atoms with E-state index in [9.17, 15) is 14.7 Å². The summed E-state index contributed by atoms with van der Waals surface area (Å²) in [6.45, 7) is 4.28. The molecule has 30 heavy (non-hydrogen) atoms. The molecule has 0 atom stereocenters. The summed E-state index contributed by atoms with van der Waals surface area (Å²) in [5.74, 6) is -1.05. The first-order valence-electron chi connectivity index (χ1n) is 9.42. The zero-order valence-corrected chi connectivity index (χ0v) is 16.1. The van der Waals surface area contributed by atoms with Crippen molar-refractivity contribution >= 4 is 17.3 Å². The van der Waals surface area contributed by atoms with Gasteiger partial charge in [0.15, 0.2) is 11.6 Å². The number of nitrogens with one attached hydrogen (secondary N) is 1. The minimum absolute atomic E-state index is 0.0198. The van der Waals surface area contributed by atoms with Gasteiger partial charge in [-0.3, -0.25) is 14.4 Å². The van der Waals surface area contributed by atoms with E-state index in [2.05, 4.69) is 12.1 Å². The minimum atomic E-state index is -0.399. The molecule has 0 spiro atoms. The SMILES string of the molecule is C=CCONCc1ccccc1-c1c(N)cc(O)c2c1C(=O)c1ccccc1C2=O. The first-order valence-corrected chi connectivity index (χ1v) is 9.42. The first kappa shape index (κ1) is 19.6. The Morgan fingerprint density at radius 1 is 0.933 bits per heavy atom. The average molecular weight is 400 g/mol. The van der Waals surface area contributed by atoms with E-state index in [0.717, 1.165) is 5.56 Å². The average Bonchev–Trinajstić information content (AvgIpc) is 2.75. The van der Waals surface area contributed by atoms with Gasteiger partial charge in [-0.15, -0.1) is 6.58 Å². The molecule has 0 fully saturated rings. The molecule has 3 aromatic rings. The van der Waals surface area contributed by atoms with Gasteiger partial charge >= 0.3 is 0 Å². The van der Waals surface area contributed by atoms with Crippen LogP contribution in [-0.4, -0.2) is 23.3 Å². The van der Waals surface area contributed by atoms with Crippen molar-refractivity contribution in [3.8, 4) is 16.9 Å². The molecule has 1 aliphatic carbocycles. The number of phenols is 1. The Kier molecular flexibility index (Phi) is 5.18. The van der Waals surface area contributed by atoms with Gasteiger partial charge in [0.05, 0.1) is 12.2 Å². The van der Waals surface area contributed by atoms with E-state index in [1.54, 1.807) is 30.3 Å². The van der Waals surface area contributed by atoms with Crippen molar-refractivity contribution in [2.24, 2.45) is 0 Å². The third-order valence-corrected chi connectivity index (χ3v) is 5.06. The number of nitrogens with two attached hydrogens (primary N) is 1. The second-order valence-corrected chi connectivity index (χ2v) is 6.89. The zero-order chi connectivity index (χ0) is 21.3. The van der Waals surface area contributed by atoms with E-state index in [-0.39, 0.29) is 33.9 Å². The molecular weight excluding hydrogens is 380 g/mol. The van der Waals surface area contributed by atoms with E-state index >= 15 is 0 Å². The smallest absolute Gasteiger partial charge is 0.198 e. The fraction of sp³-hybridized carbons (Fsp3) is 0.0833. The first-order chi connectivity index (χ1) is 14.5. The third kappa shape index (κ3) is 3.18. The highest BCUT2D eigenvalue weighted by atomic mass is 16.6. The minimum Gasteiger partial charge on any atom is -0.507 e. The summed E-state index contributed by atoms with van der Waals surface area (Å²) in [6.07, 6.45) is 1.62. The molecule has 0 saturated carbocycles. The molecule has 0 heterocycles. The number of carbonyl (C=O) groups is 2. The zero-order valence-electron chi connectivity index (χ0n) is 16.1. The lowest BCUT2D eigenvalue weighted by Gasteiger charge is -2.23. The topological polar surface area (TPSA) is 102 Å². The number of fused-ring (bicyclic) bond motifs is 2. The summed E-state index contributed by atoms with van der Waals surface area (Å²) < 4.78 is 0. The standard InChI is InChI=1S/C24H20N2O4/c1-2-11-30-26-13-14-7-3-4-8-15(14)20-18(25)12-19(27)21-22(20)24(29)17-10-6-5-9-16(17)23(21)28/h2-10,12,26-27H,1,11,13,25H2. The maximum absolute atomic E-state index is 13.4. The van der Waals surface area contributed by atoms with Crippen LogP contribution in [0.3, 0.4) is 0 Å². The second-order valence-electron chi connectivity index (χ2n) is 6.89. The second kappa shape index (κ2) is 7.94. The van der Waals surface area contributed by atoms with Gasteiger partial charge in [0.1, 0.15) is 5.75 Å². The molecule has 0 aromatic heterocycles. The van der Waals surface area contributed by atoms with Gasteiger partial charge in [-0.1, -0.05) is 54.6 Å². The molecule has 3 aromatic carbocycles. The fourth-order valence-corrected chi connectivity index (χ4v) is 3.75. The van der Waals surface area contributed by atoms with Crippen LogP contribution in [0.1, 0.15) is 37.4 Å². The molecule has 0 aliphatic heterocycles. The van der Waals surface area contributed by atoms with Crippen LogP contribution < -0.4 is 11.2 Å². The van der Waals surface area contributed by atoms with Gasteiger partial charge < -0.3 is 10.8 Å². The Morgan fingerprint density at radius 3 is 2.20 bits per heavy atom. The summed E-state index contributed by atoms with van der Waals surface area (Å²) in [4.78, 5) is 31.8. The molecule has 0 radical (unpaired) electrons. The summed E-state index contributed by atoms with van der Waals surface area (Å²) in [5.41, 5.74) is 11.9. The molecule has 0 saturated heterocycles. The van der Waals surface area contributed by atoms with Crippen LogP contribution in [-0.2, 0) is 11.4 Å². The lowest BCUT2D eigenvalue weighted by Crippen LogP contribution is -2.23. The van der Waals surface area contributed by atoms with E-state index < -0.39 is 5.78 Å². The Bertz CT molecular complexity index is 1180. The highest BCUT2D eigenvalue weighted by Gasteiger charge is 2.35. The summed E-state index contributed by atoms with van der Waals surface area (Å²) >= 11 is 0. The molecular formula is C24H20N2O4. The van der Waals surface area contributed by atoms with Gasteiger partial charge in [-0.05, 0) is 11.1 Å². The van der Waals surface area contributed by atoms with E-state index in [1.165, 1.54) is 6.07 Å². The molecule has 150 valence electrons. The monoisotopic (exact) mass is 400 g/mol. The van der Waals surface area contributed by atoms with Crippen LogP contribution in [0.15, 0.2) is 67.3 Å². The molecule has 4 rings (SSSR count). The molecule has 4 N–H and O–H groups in total. The summed E-state index contributed by atoms with van der Waals surface area (Å²) in [6, 6.07) is 15.3. The van der Waals surface area contributed by atoms with E-state index in [0.29, 0.717) is 29.8 Å². The molecule has 6 heteroatoms. The highest BCUT2D eigenvalue weighted by Crippen LogP contribution is 2.43. The molecule has 1 aliphatic rings. The summed E-state index contributed by atoms with van der Waals surface area (Å²) in [5, 5.41) is 10.5. The van der Waals surface area contributed by atoms with Crippen molar-refractivity contribution in [1.82, 2.24) is 5.48 Å². The fourth-order valence-electron chi connectivity index (χ4n) is 3.75. The van der Waals surface area contributed by atoms with Crippen molar-refractivity contribution in [1.29, 1.82) is 0 Å². The van der Waals surface area contributed by atoms with Crippen molar-refractivity contribution in [2.45, 2.75) is 6.54 Å². The number of nitrogen functional groups attached to an aromatic ring is 1. The largest absolute Gasteiger partial charge is 0.507 e. The van der Waals surface area contributed by atoms with Crippen LogP contribution in [0.5, 0.6) is 5.75 Å². The lowest BCUT2D eigenvalue weighted by molar-refractivity contribution is 0.0580. The van der Waals surface area contributed by atoms with Crippen LogP contribution in [0.4, 0.5) is 5.69 Å². The highest BCUT2D eigenvalue weighted by molar-refractivity contribution is 6.32. The van der Waals surface area contributed by atoms with E-state index in [1.807, 2.05) is 24.3 Å². The number of hydrogen-bond donors (Lipinski definition) is 3. The number of aromatic hydroxyl groups is 1. The van der Waals surface area contributed by atoms with Gasteiger partial charge in [0.25, 0.3) is 0 Å². The predicted molar refractivity (Wildman–Crippen MR) is 114 cm³/mol. The summed E-state index contributed by atoms with van der Waals surface area (Å²) in [7, 11) is 0. The van der Waals surface area contributed by atoms with Crippen LogP contribution in [0.2, 0.25) is 0 Å². The Morgan fingerprint density at radius 2 is 1.53 bits per heavy atom. The maximum atomic E-state index is 13.4. The van der Waals surface area contributed by atoms with Gasteiger partial charge in [-0.2, -0.15) is 5.48 Å². The van der Waals surface area contributed by atoms with Crippen molar-refractivity contribution in [3.05, 3.63) is 95.1 Å². The predicted octanol–water partition coefficient (Wildman–Crippen LogP) is 3.62. The normalized spacial score (nSPS) is 12.4. The van der Waals surface area contributed by atoms with E-state index in [4.69, 9.17) is 10.6 Å². The van der Waals surface area contributed by atoms with Gasteiger partial charge in [0, 0.05) is 40.6 Å². The number of hydroxylamine groups is 1. The number of rotatable bonds is 6. The van der Waals surface area contributed by atoms with Crippen LogP contribution in [0.25, 0.3) is 11.1 Å². The number of carbonyl (C=O) groups excluding carboxylic acids is 2. The molecule has 0 unspecified atom stereocenters. The van der Waals surface area contributed by atoms with Crippen LogP contribution in [0, 0.1) is 0 Å².